The predicted molar refractivity (Wildman–Crippen MR) is 310 cm³/mol. The normalized spacial score (nSPS) is 35.4. The summed E-state index contributed by atoms with van der Waals surface area (Å²) in [4.78, 5) is 28.0. The van der Waals surface area contributed by atoms with Gasteiger partial charge in [0.2, 0.25) is 0 Å². The van der Waals surface area contributed by atoms with Gasteiger partial charge in [0.25, 0.3) is 0 Å². The van der Waals surface area contributed by atoms with E-state index in [4.69, 9.17) is 74.3 Å². The molecule has 30 heteroatoms. The van der Waals surface area contributed by atoms with Crippen LogP contribution in [0.1, 0.15) is 44.7 Å². The smallest absolute Gasteiger partial charge is 0.196 e. The molecule has 7 rings (SSSR count). The van der Waals surface area contributed by atoms with Crippen LogP contribution in [0.15, 0.2) is 36.4 Å². The van der Waals surface area contributed by atoms with Crippen LogP contribution in [-0.2, 0) is 28.4 Å². The molecular weight excluding hydrogens is 1120 g/mol. The Bertz CT molecular complexity index is 2120. The van der Waals surface area contributed by atoms with Gasteiger partial charge in [0.1, 0.15) is 61.0 Å². The Morgan fingerprint density at radius 2 is 0.875 bits per heavy atom. The van der Waals surface area contributed by atoms with Crippen molar-refractivity contribution in [1.82, 2.24) is 10.6 Å². The number of benzene rings is 2. The Kier molecular flexibility index (Phi) is 26.1. The monoisotopic (exact) mass is 1200 g/mol. The lowest BCUT2D eigenvalue weighted by Gasteiger charge is -2.46. The van der Waals surface area contributed by atoms with E-state index in [1.807, 2.05) is 12.1 Å². The van der Waals surface area contributed by atoms with Crippen LogP contribution in [0.3, 0.4) is 0 Å². The number of nitrogens with two attached hydrogens (primary N) is 8. The van der Waals surface area contributed by atoms with Crippen LogP contribution < -0.4 is 67.1 Å². The van der Waals surface area contributed by atoms with Crippen LogP contribution in [0.2, 0.25) is 0 Å². The molecular formula is C50H84N12O14S4. The van der Waals surface area contributed by atoms with Crippen molar-refractivity contribution < 1.29 is 68.6 Å². The number of hydrogen-bond donors (Lipinski definition) is 18. The molecule has 2 heterocycles. The summed E-state index contributed by atoms with van der Waals surface area (Å²) in [6.07, 6.45) is -14.5. The number of ether oxygens (including phenoxy) is 6. The van der Waals surface area contributed by atoms with Crippen LogP contribution in [-0.4, -0.2) is 253 Å². The third kappa shape index (κ3) is 16.2. The maximum absolute atomic E-state index is 14.0. The molecule has 2 aromatic carbocycles. The highest BCUT2D eigenvalue weighted by Crippen LogP contribution is 2.37. The van der Waals surface area contributed by atoms with E-state index in [9.17, 15) is 40.2 Å². The molecule has 0 bridgehead atoms. The van der Waals surface area contributed by atoms with Crippen molar-refractivity contribution >= 4 is 66.1 Å². The van der Waals surface area contributed by atoms with Crippen molar-refractivity contribution in [3.63, 3.8) is 0 Å². The van der Waals surface area contributed by atoms with E-state index in [0.717, 1.165) is 11.5 Å². The van der Waals surface area contributed by atoms with Crippen molar-refractivity contribution in [3.05, 3.63) is 58.7 Å². The maximum atomic E-state index is 14.0. The Morgan fingerprint density at radius 1 is 0.487 bits per heavy atom. The van der Waals surface area contributed by atoms with E-state index < -0.39 is 122 Å². The largest absolute Gasteiger partial charge is 0.389 e. The molecule has 20 atom stereocenters. The Balaban J connectivity index is 0.789. The van der Waals surface area contributed by atoms with E-state index in [1.54, 1.807) is 67.4 Å². The average molecular weight is 1210 g/mol. The van der Waals surface area contributed by atoms with Crippen LogP contribution in [0, 0.1) is 0 Å². The number of anilines is 2. The zero-order valence-electron chi connectivity index (χ0n) is 44.5. The summed E-state index contributed by atoms with van der Waals surface area (Å²) in [7, 11) is 6.48. The number of aliphatic hydroxyl groups excluding tert-OH is 6. The molecule has 0 aromatic heterocycles. The quantitative estimate of drug-likeness (QED) is 0.0220. The summed E-state index contributed by atoms with van der Waals surface area (Å²) in [5, 5.41) is 77.0. The van der Waals surface area contributed by atoms with E-state index in [0.29, 0.717) is 84.4 Å². The molecule has 0 radical (unpaired) electrons. The standard InChI is InChI=1S/C50H84N12O14S4/c51-21-31-41(67)43(69)35(57)49(73-31)75-45-27(55)19-25(53)39(65)47(45)71-13-17-79-77-15-11-59-7-9-61-29-5-6-30(34-33(29)37(63)23-3-1-2-4-24(23)38(34)64)62-10-8-60-12-16-78-80-18-14-72-48-40(66)26(54)20-28(56)46(48)76-50-36(58)44(70)42(68)32(22-52)74-50/h1-6,25-28,31-32,35-36,39-50,59-62,65-70H,7-22,51-58H2/t25-,26-,27+,28+,31-,32-,35-,36-,39+,40+,41-,42-,43-,44-,45-,46-,47-,48-,49-,50-/m1/s1. The fourth-order valence-corrected chi connectivity index (χ4v) is 13.9. The first-order valence-corrected chi connectivity index (χ1v) is 32.1. The van der Waals surface area contributed by atoms with Gasteiger partial charge in [-0.2, -0.15) is 0 Å². The number of nitrogens with one attached hydrogen (secondary N) is 4. The minimum atomic E-state index is -1.34. The molecule has 2 aliphatic heterocycles. The molecule has 26 nitrogen and oxygen atoms in total. The van der Waals surface area contributed by atoms with Gasteiger partial charge in [-0.15, -0.1) is 0 Å². The summed E-state index contributed by atoms with van der Waals surface area (Å²) in [6.45, 7) is 3.93. The van der Waals surface area contributed by atoms with E-state index >= 15 is 0 Å². The van der Waals surface area contributed by atoms with Gasteiger partial charge < -0.3 is 126 Å². The van der Waals surface area contributed by atoms with Gasteiger partial charge in [0.15, 0.2) is 24.1 Å². The van der Waals surface area contributed by atoms with Gasteiger partial charge in [-0.25, -0.2) is 0 Å². The highest BCUT2D eigenvalue weighted by molar-refractivity contribution is 8.77. The summed E-state index contributed by atoms with van der Waals surface area (Å²) in [5.41, 5.74) is 51.4. The number of carbonyl (C=O) groups is 2. The molecule has 452 valence electrons. The van der Waals surface area contributed by atoms with Crippen LogP contribution in [0.4, 0.5) is 11.4 Å². The highest BCUT2D eigenvalue weighted by Gasteiger charge is 2.51. The molecule has 26 N–H and O–H groups in total. The molecule has 2 aromatic rings. The lowest BCUT2D eigenvalue weighted by atomic mass is 9.82. The van der Waals surface area contributed by atoms with Gasteiger partial charge in [0.05, 0.1) is 48.6 Å². The molecule has 2 saturated heterocycles. The number of rotatable bonds is 30. The van der Waals surface area contributed by atoms with E-state index in [-0.39, 0.29) is 50.7 Å². The summed E-state index contributed by atoms with van der Waals surface area (Å²) in [6, 6.07) is 5.81. The molecule has 5 aliphatic rings. The first kappa shape index (κ1) is 65.4. The Labute approximate surface area is 481 Å². The second-order valence-corrected chi connectivity index (χ2v) is 25.8. The Hall–Kier alpha value is -2.10. The van der Waals surface area contributed by atoms with Gasteiger partial charge in [-0.3, -0.25) is 9.59 Å². The third-order valence-corrected chi connectivity index (χ3v) is 19.6. The maximum Gasteiger partial charge on any atom is 0.196 e. The second-order valence-electron chi connectivity index (χ2n) is 20.4. The number of ketones is 2. The SMILES string of the molecule is NC[C@H]1O[C@H](O[C@H]2[C@H](OCCSSCCNCCNc3ccc(NCCNCCSSCCO[C@@H]4[C@@H](O)[C@H](N)C[C@H](N)[C@H]4O[C@H]4O[C@H](CN)[C@@H](O)[C@H](O)[C@H]4N)c4c3C(=O)c3ccccc3C4=O)[C@@H](O)[C@H](N)C[C@@H]2N)[C@H](N)[C@@H](O)[C@@H]1O. The van der Waals surface area contributed by atoms with Crippen molar-refractivity contribution in [2.75, 3.05) is 99.2 Å². The van der Waals surface area contributed by atoms with Crippen molar-refractivity contribution in [1.29, 1.82) is 0 Å². The summed E-state index contributed by atoms with van der Waals surface area (Å²) < 4.78 is 35.9. The first-order chi connectivity index (χ1) is 38.5. The second kappa shape index (κ2) is 31.9. The average Bonchev–Trinajstić information content (AvgIpc) is 3.52. The zero-order chi connectivity index (χ0) is 57.6. The summed E-state index contributed by atoms with van der Waals surface area (Å²) in [5.74, 6) is 2.27. The van der Waals surface area contributed by atoms with Crippen molar-refractivity contribution in [3.8, 4) is 0 Å². The van der Waals surface area contributed by atoms with Crippen LogP contribution in [0.5, 0.6) is 0 Å². The lowest BCUT2D eigenvalue weighted by Crippen LogP contribution is -2.67. The minimum absolute atomic E-state index is 0.0716. The fraction of sp³-hybridized carbons (Fsp3) is 0.720. The molecule has 2 saturated carbocycles. The fourth-order valence-electron chi connectivity index (χ4n) is 10.4. The Morgan fingerprint density at radius 3 is 1.26 bits per heavy atom. The number of aliphatic hydroxyl groups is 6. The number of hydrogen-bond acceptors (Lipinski definition) is 30. The number of carbonyl (C=O) groups excluding carboxylic acids is 2. The molecule has 4 fully saturated rings. The van der Waals surface area contributed by atoms with Crippen molar-refractivity contribution in [2.45, 2.75) is 135 Å². The summed E-state index contributed by atoms with van der Waals surface area (Å²) >= 11 is 0. The minimum Gasteiger partial charge on any atom is -0.389 e. The zero-order valence-corrected chi connectivity index (χ0v) is 47.8. The molecule has 3 aliphatic carbocycles. The molecule has 80 heavy (non-hydrogen) atoms. The first-order valence-electron chi connectivity index (χ1n) is 27.1. The van der Waals surface area contributed by atoms with Crippen LogP contribution >= 0.6 is 43.2 Å². The van der Waals surface area contributed by atoms with Gasteiger partial charge in [-0.05, 0) is 25.0 Å². The lowest BCUT2D eigenvalue weighted by molar-refractivity contribution is -0.290. The van der Waals surface area contributed by atoms with Crippen molar-refractivity contribution in [2.24, 2.45) is 45.9 Å². The van der Waals surface area contributed by atoms with E-state index in [1.165, 1.54) is 0 Å². The topological polar surface area (TPSA) is 467 Å². The van der Waals surface area contributed by atoms with Crippen LogP contribution in [0.25, 0.3) is 0 Å². The number of fused-ring (bicyclic) bond motifs is 2. The molecule has 0 amide bonds. The van der Waals surface area contributed by atoms with Gasteiger partial charge in [-0.1, -0.05) is 67.4 Å². The molecule has 0 spiro atoms. The highest BCUT2D eigenvalue weighted by atomic mass is 33.1. The third-order valence-electron chi connectivity index (χ3n) is 14.8. The molecule has 0 unspecified atom stereocenters. The van der Waals surface area contributed by atoms with Gasteiger partial charge >= 0.3 is 0 Å². The predicted octanol–water partition coefficient (Wildman–Crippen LogP) is -4.93. The van der Waals surface area contributed by atoms with E-state index in [2.05, 4.69) is 21.3 Å². The van der Waals surface area contributed by atoms with Gasteiger partial charge in [0, 0.05) is 122 Å².